The number of aromatic nitrogens is 1. The van der Waals surface area contributed by atoms with E-state index in [9.17, 15) is 0 Å². The van der Waals surface area contributed by atoms with Crippen molar-refractivity contribution in [3.8, 4) is 5.75 Å². The molecular formula is C22H27N3O. The number of hydrogen-bond acceptors (Lipinski definition) is 4. The van der Waals surface area contributed by atoms with Crippen LogP contribution in [0.1, 0.15) is 18.1 Å². The lowest BCUT2D eigenvalue weighted by Crippen LogP contribution is -2.14. The molecule has 0 aliphatic rings. The van der Waals surface area contributed by atoms with Crippen molar-refractivity contribution in [1.29, 1.82) is 0 Å². The molecule has 26 heavy (non-hydrogen) atoms. The maximum Gasteiger partial charge on any atom is 0.130 e. The van der Waals surface area contributed by atoms with Crippen LogP contribution < -0.4 is 15.8 Å². The Bertz CT molecular complexity index is 748. The number of hydrogen-bond donors (Lipinski definition) is 2. The van der Waals surface area contributed by atoms with Gasteiger partial charge in [0.15, 0.2) is 0 Å². The molecule has 0 aliphatic heterocycles. The third-order valence-electron chi connectivity index (χ3n) is 3.81. The van der Waals surface area contributed by atoms with Crippen LogP contribution in [-0.4, -0.2) is 18.1 Å². The summed E-state index contributed by atoms with van der Waals surface area (Å²) in [4.78, 5) is 4.30. The summed E-state index contributed by atoms with van der Waals surface area (Å²) in [5.74, 6) is 1.69. The van der Waals surface area contributed by atoms with E-state index in [-0.39, 0.29) is 0 Å². The number of ether oxygens (including phenoxy) is 1. The molecule has 0 bridgehead atoms. The molecule has 0 unspecified atom stereocenters. The molecule has 0 spiro atoms. The van der Waals surface area contributed by atoms with Gasteiger partial charge in [0.1, 0.15) is 18.2 Å². The summed E-state index contributed by atoms with van der Waals surface area (Å²) in [5, 5.41) is 3.26. The molecule has 2 aromatic rings. The van der Waals surface area contributed by atoms with E-state index in [1.807, 2.05) is 36.4 Å². The second-order valence-electron chi connectivity index (χ2n) is 5.94. The molecule has 0 amide bonds. The van der Waals surface area contributed by atoms with Gasteiger partial charge in [-0.15, -0.1) is 0 Å². The number of anilines is 1. The largest absolute Gasteiger partial charge is 0.492 e. The number of pyridine rings is 1. The summed E-state index contributed by atoms with van der Waals surface area (Å²) in [7, 11) is 0. The molecule has 2 rings (SSSR count). The third kappa shape index (κ3) is 6.57. The van der Waals surface area contributed by atoms with E-state index in [1.54, 1.807) is 12.3 Å². The van der Waals surface area contributed by atoms with E-state index in [0.717, 1.165) is 23.6 Å². The number of benzene rings is 1. The van der Waals surface area contributed by atoms with E-state index < -0.39 is 0 Å². The molecule has 0 atom stereocenters. The minimum absolute atomic E-state index is 0.468. The van der Waals surface area contributed by atoms with Crippen LogP contribution in [0.4, 0.5) is 5.82 Å². The SMILES string of the molecule is C=C/C=C\C=C(/C)Cc1ccc(OCCNc2ncccc2CN)cc1. The van der Waals surface area contributed by atoms with Crippen LogP contribution >= 0.6 is 0 Å². The van der Waals surface area contributed by atoms with Crippen molar-refractivity contribution in [2.75, 3.05) is 18.5 Å². The second-order valence-corrected chi connectivity index (χ2v) is 5.94. The zero-order valence-corrected chi connectivity index (χ0v) is 15.3. The summed E-state index contributed by atoms with van der Waals surface area (Å²) < 4.78 is 5.78. The minimum atomic E-state index is 0.468. The lowest BCUT2D eigenvalue weighted by atomic mass is 10.1. The first-order chi connectivity index (χ1) is 12.7. The molecule has 0 saturated carbocycles. The van der Waals surface area contributed by atoms with E-state index in [2.05, 4.69) is 42.0 Å². The van der Waals surface area contributed by atoms with Gasteiger partial charge < -0.3 is 15.8 Å². The molecule has 1 heterocycles. The van der Waals surface area contributed by atoms with Crippen LogP contribution in [0.15, 0.2) is 79.1 Å². The van der Waals surface area contributed by atoms with Crippen LogP contribution in [-0.2, 0) is 13.0 Å². The quantitative estimate of drug-likeness (QED) is 0.497. The van der Waals surface area contributed by atoms with E-state index in [1.165, 1.54) is 11.1 Å². The van der Waals surface area contributed by atoms with Crippen LogP contribution in [0.2, 0.25) is 0 Å². The smallest absolute Gasteiger partial charge is 0.130 e. The fourth-order valence-electron chi connectivity index (χ4n) is 2.48. The monoisotopic (exact) mass is 349 g/mol. The topological polar surface area (TPSA) is 60.2 Å². The van der Waals surface area contributed by atoms with Gasteiger partial charge in [-0.05, 0) is 37.1 Å². The van der Waals surface area contributed by atoms with Crippen molar-refractivity contribution in [2.24, 2.45) is 5.73 Å². The Labute approximate surface area is 156 Å². The molecule has 4 heteroatoms. The zero-order valence-electron chi connectivity index (χ0n) is 15.3. The van der Waals surface area contributed by atoms with Crippen LogP contribution in [0.3, 0.4) is 0 Å². The lowest BCUT2D eigenvalue weighted by molar-refractivity contribution is 0.332. The maximum atomic E-state index is 5.78. The van der Waals surface area contributed by atoms with Gasteiger partial charge in [0.25, 0.3) is 0 Å². The number of nitrogens with zero attached hydrogens (tertiary/aromatic N) is 1. The van der Waals surface area contributed by atoms with Crippen molar-refractivity contribution < 1.29 is 4.74 Å². The third-order valence-corrected chi connectivity index (χ3v) is 3.81. The molecule has 0 fully saturated rings. The lowest BCUT2D eigenvalue weighted by Gasteiger charge is -2.11. The predicted molar refractivity (Wildman–Crippen MR) is 109 cm³/mol. The zero-order chi connectivity index (χ0) is 18.6. The molecule has 1 aromatic heterocycles. The van der Waals surface area contributed by atoms with Gasteiger partial charge in [-0.3, -0.25) is 0 Å². The van der Waals surface area contributed by atoms with E-state index >= 15 is 0 Å². The van der Waals surface area contributed by atoms with Crippen molar-refractivity contribution >= 4 is 5.82 Å². The highest BCUT2D eigenvalue weighted by molar-refractivity contribution is 5.43. The highest BCUT2D eigenvalue weighted by Gasteiger charge is 2.01. The Morgan fingerprint density at radius 1 is 1.23 bits per heavy atom. The van der Waals surface area contributed by atoms with Crippen LogP contribution in [0.25, 0.3) is 0 Å². The normalized spacial score (nSPS) is 11.5. The first-order valence-corrected chi connectivity index (χ1v) is 8.77. The minimum Gasteiger partial charge on any atom is -0.492 e. The average Bonchev–Trinajstić information content (AvgIpc) is 2.67. The molecular weight excluding hydrogens is 322 g/mol. The Morgan fingerprint density at radius 3 is 2.77 bits per heavy atom. The summed E-state index contributed by atoms with van der Waals surface area (Å²) in [5.41, 5.74) is 9.27. The fourth-order valence-corrected chi connectivity index (χ4v) is 2.48. The predicted octanol–water partition coefficient (Wildman–Crippen LogP) is 4.26. The van der Waals surface area contributed by atoms with Gasteiger partial charge in [0, 0.05) is 18.3 Å². The standard InChI is InChI=1S/C22H27N3O/c1-3-4-5-7-18(2)16-19-9-11-21(12-10-19)26-15-14-25-22-20(17-23)8-6-13-24-22/h3-13H,1,14-17,23H2,2H3,(H,24,25)/b5-4-,18-7+. The number of nitrogens with one attached hydrogen (secondary N) is 1. The first kappa shape index (κ1) is 19.5. The van der Waals surface area contributed by atoms with Crippen molar-refractivity contribution in [1.82, 2.24) is 4.98 Å². The summed E-state index contributed by atoms with van der Waals surface area (Å²) in [6.07, 6.45) is 10.5. The van der Waals surface area contributed by atoms with Gasteiger partial charge in [-0.25, -0.2) is 4.98 Å². The molecule has 4 nitrogen and oxygen atoms in total. The fraction of sp³-hybridized carbons (Fsp3) is 0.227. The summed E-state index contributed by atoms with van der Waals surface area (Å²) >= 11 is 0. The van der Waals surface area contributed by atoms with Gasteiger partial charge >= 0.3 is 0 Å². The van der Waals surface area contributed by atoms with Crippen LogP contribution in [0.5, 0.6) is 5.75 Å². The second kappa shape index (κ2) is 10.9. The highest BCUT2D eigenvalue weighted by Crippen LogP contribution is 2.15. The molecule has 0 aliphatic carbocycles. The number of nitrogens with two attached hydrogens (primary N) is 1. The van der Waals surface area contributed by atoms with Gasteiger partial charge in [-0.2, -0.15) is 0 Å². The van der Waals surface area contributed by atoms with Gasteiger partial charge in [-0.1, -0.05) is 54.7 Å². The van der Waals surface area contributed by atoms with Gasteiger partial charge in [0.2, 0.25) is 0 Å². The Morgan fingerprint density at radius 2 is 2.04 bits per heavy atom. The Hall–Kier alpha value is -2.85. The molecule has 0 saturated heterocycles. The van der Waals surface area contributed by atoms with E-state index in [0.29, 0.717) is 19.7 Å². The van der Waals surface area contributed by atoms with Crippen molar-refractivity contribution in [2.45, 2.75) is 19.9 Å². The Balaban J connectivity index is 1.77. The summed E-state index contributed by atoms with van der Waals surface area (Å²) in [6, 6.07) is 12.1. The first-order valence-electron chi connectivity index (χ1n) is 8.77. The maximum absolute atomic E-state index is 5.78. The van der Waals surface area contributed by atoms with Crippen molar-refractivity contribution in [3.63, 3.8) is 0 Å². The molecule has 0 radical (unpaired) electrons. The Kier molecular flexibility index (Phi) is 8.16. The molecule has 1 aromatic carbocycles. The molecule has 3 N–H and O–H groups in total. The number of allylic oxidation sites excluding steroid dienone is 5. The van der Waals surface area contributed by atoms with Gasteiger partial charge in [0.05, 0.1) is 6.54 Å². The van der Waals surface area contributed by atoms with E-state index in [4.69, 9.17) is 10.5 Å². The molecule has 136 valence electrons. The average molecular weight is 349 g/mol. The highest BCUT2D eigenvalue weighted by atomic mass is 16.5. The summed E-state index contributed by atoms with van der Waals surface area (Å²) in [6.45, 7) is 7.48. The van der Waals surface area contributed by atoms with Crippen molar-refractivity contribution in [3.05, 3.63) is 90.2 Å². The van der Waals surface area contributed by atoms with Crippen LogP contribution in [0, 0.1) is 0 Å². The number of rotatable bonds is 10.